The van der Waals surface area contributed by atoms with Crippen molar-refractivity contribution >= 4 is 35.2 Å². The number of nitrogens with one attached hydrogen (secondary N) is 1. The van der Waals surface area contributed by atoms with E-state index in [4.69, 9.17) is 16.3 Å². The van der Waals surface area contributed by atoms with E-state index in [1.807, 2.05) is 6.92 Å². The molecule has 5 heteroatoms. The lowest BCUT2D eigenvalue weighted by Gasteiger charge is -2.10. The third-order valence-electron chi connectivity index (χ3n) is 1.72. The molecule has 1 aromatic rings. The van der Waals surface area contributed by atoms with Crippen LogP contribution in [0.15, 0.2) is 12.1 Å². The quantitative estimate of drug-likeness (QED) is 0.768. The van der Waals surface area contributed by atoms with Crippen molar-refractivity contribution in [3.63, 3.8) is 0 Å². The monoisotopic (exact) mass is 231 g/mol. The Morgan fingerprint density at radius 2 is 2.21 bits per heavy atom. The van der Waals surface area contributed by atoms with Crippen LogP contribution in [0.3, 0.4) is 0 Å². The normalized spacial score (nSPS) is 9.71. The van der Waals surface area contributed by atoms with E-state index in [2.05, 4.69) is 17.9 Å². The summed E-state index contributed by atoms with van der Waals surface area (Å²) in [5, 5.41) is 2.62. The van der Waals surface area contributed by atoms with Crippen molar-refractivity contribution in [2.75, 3.05) is 12.4 Å². The molecule has 0 aromatic heterocycles. The molecule has 0 fully saturated rings. The number of carbonyl (C=O) groups excluding carboxylic acids is 1. The molecular formula is C9H10ClNO2S. The minimum Gasteiger partial charge on any atom is -0.495 e. The van der Waals surface area contributed by atoms with Crippen LogP contribution in [0.2, 0.25) is 5.02 Å². The third-order valence-corrected chi connectivity index (χ3v) is 2.24. The first-order valence-electron chi connectivity index (χ1n) is 3.88. The van der Waals surface area contributed by atoms with Crippen LogP contribution in [-0.4, -0.2) is 12.3 Å². The number of anilines is 1. The molecule has 0 unspecified atom stereocenters. The van der Waals surface area contributed by atoms with Crippen LogP contribution in [0.5, 0.6) is 5.75 Å². The highest BCUT2D eigenvalue weighted by Gasteiger charge is 2.07. The Balaban J connectivity index is 3.13. The maximum absolute atomic E-state index is 10.7. The van der Waals surface area contributed by atoms with E-state index in [1.54, 1.807) is 12.1 Å². The number of carbonyl (C=O) groups is 1. The second-order valence-electron chi connectivity index (χ2n) is 2.73. The predicted octanol–water partition coefficient (Wildman–Crippen LogP) is 3.12. The molecule has 0 aliphatic carbocycles. The highest BCUT2D eigenvalue weighted by atomic mass is 35.5. The van der Waals surface area contributed by atoms with Crippen molar-refractivity contribution < 1.29 is 9.53 Å². The first kappa shape index (κ1) is 11.2. The average molecular weight is 232 g/mol. The summed E-state index contributed by atoms with van der Waals surface area (Å²) in [5.74, 6) is 0.564. The molecule has 0 saturated heterocycles. The van der Waals surface area contributed by atoms with E-state index in [9.17, 15) is 4.79 Å². The lowest BCUT2D eigenvalue weighted by atomic mass is 10.2. The van der Waals surface area contributed by atoms with Crippen LogP contribution in [0.25, 0.3) is 0 Å². The van der Waals surface area contributed by atoms with Gasteiger partial charge in [0.25, 0.3) is 5.24 Å². The number of benzene rings is 1. The number of thiol groups is 1. The second kappa shape index (κ2) is 4.57. The van der Waals surface area contributed by atoms with E-state index in [1.165, 1.54) is 7.11 Å². The number of amides is 1. The third kappa shape index (κ3) is 2.56. The largest absolute Gasteiger partial charge is 0.495 e. The molecular weight excluding hydrogens is 222 g/mol. The summed E-state index contributed by atoms with van der Waals surface area (Å²) in [6, 6.07) is 3.38. The molecule has 0 radical (unpaired) electrons. The zero-order valence-corrected chi connectivity index (χ0v) is 9.45. The maximum Gasteiger partial charge on any atom is 0.280 e. The maximum atomic E-state index is 10.7. The van der Waals surface area contributed by atoms with Gasteiger partial charge in [0, 0.05) is 5.02 Å². The number of halogens is 1. The molecule has 0 spiro atoms. The van der Waals surface area contributed by atoms with Gasteiger partial charge in [0.15, 0.2) is 0 Å². The molecule has 76 valence electrons. The first-order chi connectivity index (χ1) is 6.54. The van der Waals surface area contributed by atoms with Crippen LogP contribution < -0.4 is 10.1 Å². The van der Waals surface area contributed by atoms with Gasteiger partial charge < -0.3 is 10.1 Å². The van der Waals surface area contributed by atoms with Gasteiger partial charge in [0.1, 0.15) is 5.75 Å². The lowest BCUT2D eigenvalue weighted by Crippen LogP contribution is -2.03. The Morgan fingerprint density at radius 1 is 1.57 bits per heavy atom. The Kier molecular flexibility index (Phi) is 3.66. The zero-order chi connectivity index (χ0) is 10.7. The number of methoxy groups -OCH3 is 1. The number of aryl methyl sites for hydroxylation is 1. The summed E-state index contributed by atoms with van der Waals surface area (Å²) in [7, 11) is 1.52. The highest BCUT2D eigenvalue weighted by Crippen LogP contribution is 2.30. The van der Waals surface area contributed by atoms with Gasteiger partial charge in [-0.05, 0) is 24.6 Å². The van der Waals surface area contributed by atoms with E-state index in [0.29, 0.717) is 16.5 Å². The van der Waals surface area contributed by atoms with Crippen molar-refractivity contribution in [2.45, 2.75) is 6.92 Å². The zero-order valence-electron chi connectivity index (χ0n) is 7.80. The summed E-state index contributed by atoms with van der Waals surface area (Å²) in [4.78, 5) is 10.7. The fraction of sp³-hybridized carbons (Fsp3) is 0.222. The first-order valence-corrected chi connectivity index (χ1v) is 4.71. The molecule has 0 aliphatic rings. The van der Waals surface area contributed by atoms with E-state index < -0.39 is 5.24 Å². The predicted molar refractivity (Wildman–Crippen MR) is 60.7 cm³/mol. The Morgan fingerprint density at radius 3 is 2.71 bits per heavy atom. The number of hydrogen-bond donors (Lipinski definition) is 2. The Labute approximate surface area is 92.8 Å². The molecule has 0 heterocycles. The molecule has 1 amide bonds. The molecule has 1 N–H and O–H groups in total. The van der Waals surface area contributed by atoms with Crippen LogP contribution in [0.4, 0.5) is 10.5 Å². The Hall–Kier alpha value is -0.870. The smallest absolute Gasteiger partial charge is 0.280 e. The summed E-state index contributed by atoms with van der Waals surface area (Å²) >= 11 is 9.50. The summed E-state index contributed by atoms with van der Waals surface area (Å²) < 4.78 is 5.07. The van der Waals surface area contributed by atoms with Gasteiger partial charge in [-0.15, -0.1) is 0 Å². The van der Waals surface area contributed by atoms with Gasteiger partial charge in [-0.2, -0.15) is 0 Å². The van der Waals surface area contributed by atoms with Gasteiger partial charge in [0.2, 0.25) is 0 Å². The molecule has 1 rings (SSSR count). The van der Waals surface area contributed by atoms with Crippen molar-refractivity contribution in [3.05, 3.63) is 22.7 Å². The lowest BCUT2D eigenvalue weighted by molar-refractivity contribution is 0.270. The molecule has 0 bridgehead atoms. The van der Waals surface area contributed by atoms with Gasteiger partial charge in [0.05, 0.1) is 12.8 Å². The van der Waals surface area contributed by atoms with Gasteiger partial charge in [-0.1, -0.05) is 24.2 Å². The summed E-state index contributed by atoms with van der Waals surface area (Å²) in [5.41, 5.74) is 1.41. The second-order valence-corrected chi connectivity index (χ2v) is 3.55. The van der Waals surface area contributed by atoms with Crippen molar-refractivity contribution in [3.8, 4) is 5.75 Å². The van der Waals surface area contributed by atoms with E-state index in [0.717, 1.165) is 5.56 Å². The SMILES string of the molecule is COc1cc(C)c(Cl)cc1NC(=O)S. The molecule has 14 heavy (non-hydrogen) atoms. The van der Waals surface area contributed by atoms with Crippen molar-refractivity contribution in [1.82, 2.24) is 0 Å². The standard InChI is InChI=1S/C9H10ClNO2S/c1-5-3-8(13-2)7(4-6(5)10)11-9(12)14/h3-4H,1-2H3,(H2,11,12,14). The minimum absolute atomic E-state index is 0.455. The minimum atomic E-state index is -0.455. The van der Waals surface area contributed by atoms with Crippen LogP contribution in [-0.2, 0) is 0 Å². The van der Waals surface area contributed by atoms with Crippen molar-refractivity contribution in [2.24, 2.45) is 0 Å². The molecule has 3 nitrogen and oxygen atoms in total. The Bertz CT molecular complexity index is 368. The van der Waals surface area contributed by atoms with Crippen molar-refractivity contribution in [1.29, 1.82) is 0 Å². The molecule has 0 saturated carbocycles. The van der Waals surface area contributed by atoms with Crippen LogP contribution in [0, 0.1) is 6.92 Å². The molecule has 0 atom stereocenters. The number of ether oxygens (including phenoxy) is 1. The van der Waals surface area contributed by atoms with Crippen LogP contribution in [0.1, 0.15) is 5.56 Å². The number of rotatable bonds is 2. The van der Waals surface area contributed by atoms with Gasteiger partial charge >= 0.3 is 0 Å². The van der Waals surface area contributed by atoms with Gasteiger partial charge in [-0.25, -0.2) is 0 Å². The van der Waals surface area contributed by atoms with E-state index in [-0.39, 0.29) is 0 Å². The fourth-order valence-electron chi connectivity index (χ4n) is 1.04. The van der Waals surface area contributed by atoms with E-state index >= 15 is 0 Å². The highest BCUT2D eigenvalue weighted by molar-refractivity contribution is 7.96. The summed E-state index contributed by atoms with van der Waals surface area (Å²) in [6.07, 6.45) is 0. The molecule has 0 aliphatic heterocycles. The molecule has 1 aromatic carbocycles. The average Bonchev–Trinajstić information content (AvgIpc) is 2.10. The fourth-order valence-corrected chi connectivity index (χ4v) is 1.32. The topological polar surface area (TPSA) is 38.3 Å². The van der Waals surface area contributed by atoms with Crippen LogP contribution >= 0.6 is 24.2 Å². The summed E-state index contributed by atoms with van der Waals surface area (Å²) in [6.45, 7) is 1.86. The number of hydrogen-bond acceptors (Lipinski definition) is 2. The van der Waals surface area contributed by atoms with Gasteiger partial charge in [-0.3, -0.25) is 4.79 Å².